The maximum atomic E-state index is 12.4. The molecule has 55 nitrogen and oxygen atoms in total. The smallest absolute Gasteiger partial charge is 0.395 e. The van der Waals surface area contributed by atoms with Crippen molar-refractivity contribution >= 4 is 127 Å². The van der Waals surface area contributed by atoms with Crippen LogP contribution in [0, 0.1) is 47.3 Å². The van der Waals surface area contributed by atoms with Gasteiger partial charge >= 0.3 is 79.4 Å². The van der Waals surface area contributed by atoms with Gasteiger partial charge in [-0.25, -0.2) is 38.4 Å². The lowest BCUT2D eigenvalue weighted by Gasteiger charge is -2.39. The topological polar surface area (TPSA) is 624 Å². The number of ether oxygens (including phenoxy) is 1. The summed E-state index contributed by atoms with van der Waals surface area (Å²) in [6.45, 7) is 13.5. The Hall–Kier alpha value is -10.6. The third kappa shape index (κ3) is 18.3. The van der Waals surface area contributed by atoms with Crippen molar-refractivity contribution in [2.75, 3.05) is 187 Å². The third-order valence-electron chi connectivity index (χ3n) is 33.1. The van der Waals surface area contributed by atoms with Crippen molar-refractivity contribution in [3.05, 3.63) is 0 Å². The summed E-state index contributed by atoms with van der Waals surface area (Å²) in [7, 11) is -1.78. The number of hydroxylamine groups is 6. The first-order chi connectivity index (χ1) is 66.7. The van der Waals surface area contributed by atoms with Crippen LogP contribution in [0.3, 0.4) is 0 Å². The maximum absolute atomic E-state index is 12.4. The minimum Gasteiger partial charge on any atom is -0.395 e. The van der Waals surface area contributed by atoms with Crippen molar-refractivity contribution < 1.29 is 138 Å². The van der Waals surface area contributed by atoms with Crippen LogP contribution in [0.5, 0.6) is 0 Å². The van der Waals surface area contributed by atoms with Crippen molar-refractivity contribution in [2.45, 2.75) is 193 Å². The number of hydrogen-bond acceptors (Lipinski definition) is 28. The largest absolute Gasteiger partial charge is 0.418 e. The first-order valence-corrected chi connectivity index (χ1v) is 52.3. The number of rotatable bonds is 15. The molecular formula is C83H125N25O30S3. The average Bonchev–Trinajstić information content (AvgIpc) is 1.60. The highest BCUT2D eigenvalue weighted by Crippen LogP contribution is 2.48. The lowest BCUT2D eigenvalue weighted by atomic mass is 9.83. The summed E-state index contributed by atoms with van der Waals surface area (Å²) in [6, 6.07) is -4.29. The zero-order chi connectivity index (χ0) is 101. The van der Waals surface area contributed by atoms with Gasteiger partial charge in [0.05, 0.1) is 67.6 Å². The number of piperidine rings is 9. The van der Waals surface area contributed by atoms with Crippen LogP contribution >= 0.6 is 0 Å². The Balaban J connectivity index is 0.000000107. The summed E-state index contributed by atoms with van der Waals surface area (Å²) in [6.07, 6.45) is 10.4. The lowest BCUT2D eigenvalue weighted by molar-refractivity contribution is -0.132. The third-order valence-corrected chi connectivity index (χ3v) is 34.2. The Morgan fingerprint density at radius 2 is 0.674 bits per heavy atom. The van der Waals surface area contributed by atoms with Crippen LogP contribution in [0.4, 0.5) is 38.4 Å². The standard InChI is InChI=1S/C12H17N3O2.C12H19N3O2.2C11H17N3O3.C10H16N4O6S.C10H15N3O2.C9H13N3O6S.C8H11N3O6S/c1-13-9-4-7-5-14(8-2-3-8)11(16)10(7)15(6-9)12(13)17;1-3-4-14-6-8-5-9-7-15(10(8)11(14)16)12(17)13(9)2;1-13-6-3-7-8(5-17-2)12-10(15)9(7)14(4-6)11(13)16;1-12-8-4-7-5-13(2-3-15)10(16)9(7)14(6-8)11(12)17;11-1-2-12-4-6-3-7-5-13(8(6)9(12)15)10(16)14(7)20-21(17,18)19;1-12-7-4-6-2-3-11-9(14)8(6)13(5-7)10(12)15;1-10-3-5-2-6-4-11(7(5)8(10)13)9(14)12(6)18-19(15,16)17;12-7-6-4(2-9-7)1-5-3-10(6)8(13)11(5)17-18(14,15)16/h7-10H,2-6H2,1H3;8-10H,3-7H2,1-2H3;6-9H,3-5H2,1-2H3,(H,12,15);7-9,15H,2-6H2,1H3;6-8H,1-5,11H2,(H,17,18,19);6-8H,2-5H2,1H3,(H,11,14);5-7H,2-4H2,1H3,(H,15,16,17);4-6H,1-3H2,(H,9,12)(H,14,15,16)/t7-,9+,10-;8-,9+,10-;6-,7+,8?,9+;7-,8+,9-;6-,7+,8-;6-,7-,8?;5-,6+,7-;4-,5+,6-/m00100100/s1. The number of carbonyl (C=O) groups is 16. The molecule has 141 heavy (non-hydrogen) atoms. The summed E-state index contributed by atoms with van der Waals surface area (Å²) in [4.78, 5) is 223. The average molecular weight is 2050 g/mol. The van der Waals surface area contributed by atoms with E-state index in [0.29, 0.717) is 142 Å². The van der Waals surface area contributed by atoms with E-state index >= 15 is 0 Å². The number of nitrogens with one attached hydrogen (secondary N) is 3. The monoisotopic (exact) mass is 2050 g/mol. The number of amides is 24. The maximum Gasteiger partial charge on any atom is 0.418 e. The number of nitrogens with two attached hydrogens (primary N) is 1. The first kappa shape index (κ1) is 101. The van der Waals surface area contributed by atoms with Gasteiger partial charge in [-0.3, -0.25) is 52.0 Å². The fourth-order valence-electron chi connectivity index (χ4n) is 26.6. The van der Waals surface area contributed by atoms with Crippen molar-refractivity contribution in [3.8, 4) is 0 Å². The summed E-state index contributed by atoms with van der Waals surface area (Å²) < 4.78 is 108. The van der Waals surface area contributed by atoms with Crippen LogP contribution in [0.15, 0.2) is 0 Å². The molecule has 25 fully saturated rings. The Bertz CT molecular complexity index is 5340. The van der Waals surface area contributed by atoms with Gasteiger partial charge in [0.15, 0.2) is 0 Å². The van der Waals surface area contributed by atoms with Gasteiger partial charge < -0.3 is 120 Å². The van der Waals surface area contributed by atoms with Gasteiger partial charge in [0.2, 0.25) is 47.3 Å². The normalized spacial score (nSPS) is 36.3. The van der Waals surface area contributed by atoms with Crippen molar-refractivity contribution in [3.63, 3.8) is 0 Å². The number of hydrogen-bond donors (Lipinski definition) is 8. The van der Waals surface area contributed by atoms with Crippen LogP contribution in [-0.2, 0) is 87.1 Å². The predicted octanol–water partition coefficient (Wildman–Crippen LogP) is -6.64. The molecule has 2 unspecified atom stereocenters. The van der Waals surface area contributed by atoms with E-state index in [1.807, 2.05) is 54.8 Å². The zero-order valence-corrected chi connectivity index (χ0v) is 81.9. The molecule has 0 spiro atoms. The number of aliphatic hydroxyl groups excluding tert-OH is 1. The second kappa shape index (κ2) is 38.2. The molecular weight excluding hydrogens is 1920 g/mol. The molecule has 16 bridgehead atoms. The van der Waals surface area contributed by atoms with Gasteiger partial charge in [0.1, 0.15) is 48.3 Å². The Morgan fingerprint density at radius 1 is 0.340 bits per heavy atom. The van der Waals surface area contributed by atoms with Crippen LogP contribution < -0.4 is 21.7 Å². The van der Waals surface area contributed by atoms with Crippen LogP contribution in [0.25, 0.3) is 0 Å². The van der Waals surface area contributed by atoms with Gasteiger partial charge in [-0.2, -0.15) is 40.4 Å². The number of β-amino-alcohol motifs (C(OH)–C–C–N with tert-alkyl or cyclic N) is 1. The van der Waals surface area contributed by atoms with E-state index in [-0.39, 0.29) is 182 Å². The minimum atomic E-state index is -4.77. The van der Waals surface area contributed by atoms with Crippen molar-refractivity contribution in [1.82, 2.24) is 119 Å². The molecule has 25 aliphatic rings. The molecule has 24 saturated heterocycles. The van der Waals surface area contributed by atoms with Crippen LogP contribution in [0.1, 0.15) is 84.0 Å². The second-order valence-electron chi connectivity index (χ2n) is 41.4. The van der Waals surface area contributed by atoms with E-state index in [9.17, 15) is 102 Å². The number of methoxy groups -OCH3 is 1. The summed E-state index contributed by atoms with van der Waals surface area (Å²) in [5.41, 5.74) is 5.46. The molecule has 9 N–H and O–H groups in total. The minimum absolute atomic E-state index is 0.00569. The molecule has 25 rings (SSSR count). The fraction of sp³-hybridized carbons (Fsp3) is 0.807. The highest BCUT2D eigenvalue weighted by Gasteiger charge is 2.65. The molecule has 1 aliphatic carbocycles. The molecule has 25 atom stereocenters. The summed E-state index contributed by atoms with van der Waals surface area (Å²) >= 11 is 0. The number of likely N-dealkylation sites (N-methyl/N-ethyl adjacent to an activating group) is 6. The van der Waals surface area contributed by atoms with E-state index < -0.39 is 85.5 Å². The summed E-state index contributed by atoms with van der Waals surface area (Å²) in [5, 5.41) is 19.3. The Morgan fingerprint density at radius 3 is 1.09 bits per heavy atom. The van der Waals surface area contributed by atoms with E-state index in [4.69, 9.17) is 29.2 Å². The Kier molecular flexibility index (Phi) is 27.2. The number of carbonyl (C=O) groups excluding carboxylic acids is 16. The number of aliphatic hydroxyl groups is 1. The van der Waals surface area contributed by atoms with E-state index in [2.05, 4.69) is 35.7 Å². The van der Waals surface area contributed by atoms with E-state index in [0.717, 1.165) is 104 Å². The first-order valence-electron chi connectivity index (χ1n) is 48.3. The van der Waals surface area contributed by atoms with Gasteiger partial charge in [-0.05, 0) is 83.0 Å². The SMILES string of the molecule is CCCN1C[C@@H]2C[C@@H]3CN(C(=O)N3C)[C@@H]2C1=O.CN1C(=O)N2C[C@H]1C[C@H]1CCNC(=O)C12.CN1C(=O)N2C[C@H]1C[C@H]1CN(C3CC3)C(=O)[C@H]12.CN1C(=O)N2C[C@H]1C[C@H]1CN(CCO)C(=O)[C@H]12.CN1C[C@@H]2C[C@@H]3CN(C(=O)N3OS(=O)(=O)O)[C@@H]2C1=O.COCC1NC(=O)[C@@H]2[C@H]1C[C@@H]1CN2C(=O)N1C.NCCN1C[C@@H]2C[C@@H]3CN(C(=O)N3OS(=O)(=O)O)[C@@H]2C1=O.O=C1NC[C@@H]2C[C@@H]3CN(C(=O)N3OS(=O)(=O)O)[C@H]12. The lowest BCUT2D eigenvalue weighted by Crippen LogP contribution is -2.58. The van der Waals surface area contributed by atoms with Crippen LogP contribution in [-0.4, -0.2) is 539 Å². The molecule has 24 heterocycles. The molecule has 1 saturated carbocycles. The number of fused-ring (bicyclic) bond motifs is 32. The molecule has 0 radical (unpaired) electrons. The van der Waals surface area contributed by atoms with Crippen molar-refractivity contribution in [1.29, 1.82) is 0 Å². The zero-order valence-electron chi connectivity index (χ0n) is 79.4. The highest BCUT2D eigenvalue weighted by atomic mass is 32.3. The quantitative estimate of drug-likeness (QED) is 0.0707. The molecule has 58 heteroatoms. The van der Waals surface area contributed by atoms with Gasteiger partial charge in [-0.15, -0.1) is 12.9 Å². The Labute approximate surface area is 813 Å². The molecule has 0 aromatic carbocycles. The second-order valence-corrected chi connectivity index (χ2v) is 44.4. The predicted molar refractivity (Wildman–Crippen MR) is 477 cm³/mol. The number of urea groups is 8. The van der Waals surface area contributed by atoms with E-state index in [1.165, 1.54) is 14.7 Å². The fourth-order valence-corrected chi connectivity index (χ4v) is 27.7. The number of nitrogens with zero attached hydrogens (tertiary/aromatic N) is 21. The summed E-state index contributed by atoms with van der Waals surface area (Å²) in [5.74, 6) is 1.18. The molecule has 0 aromatic heterocycles. The highest BCUT2D eigenvalue weighted by molar-refractivity contribution is 7.81. The van der Waals surface area contributed by atoms with Gasteiger partial charge in [0.25, 0.3) is 0 Å². The molecule has 0 aromatic rings. The van der Waals surface area contributed by atoms with Gasteiger partial charge in [0, 0.05) is 221 Å². The molecule has 780 valence electrons. The van der Waals surface area contributed by atoms with Crippen molar-refractivity contribution in [2.24, 2.45) is 53.1 Å². The number of likely N-dealkylation sites (tertiary alicyclic amines) is 5. The van der Waals surface area contributed by atoms with Gasteiger partial charge in [-0.1, -0.05) is 6.92 Å². The van der Waals surface area contributed by atoms with E-state index in [1.54, 1.807) is 68.1 Å². The molecule has 24 amide bonds. The molecule has 24 aliphatic heterocycles. The van der Waals surface area contributed by atoms with Crippen LogP contribution in [0.2, 0.25) is 0 Å².